The van der Waals surface area contributed by atoms with Crippen LogP contribution in [0.1, 0.15) is 11.6 Å². The van der Waals surface area contributed by atoms with Gasteiger partial charge in [-0.3, -0.25) is 19.8 Å². The van der Waals surface area contributed by atoms with E-state index in [1.165, 1.54) is 7.05 Å². The topological polar surface area (TPSA) is 90.5 Å². The molecule has 142 valence electrons. The number of likely N-dealkylation sites (N-methyl/N-ethyl adjacent to an activating group) is 1. The molecule has 0 aliphatic heterocycles. The van der Waals surface area contributed by atoms with Crippen LogP contribution in [0.25, 0.3) is 0 Å². The molecule has 27 heavy (non-hydrogen) atoms. The van der Waals surface area contributed by atoms with Crippen LogP contribution in [-0.4, -0.2) is 43.4 Å². The third kappa shape index (κ3) is 5.80. The molecule has 3 N–H and O–H groups in total. The zero-order valence-electron chi connectivity index (χ0n) is 15.0. The summed E-state index contributed by atoms with van der Waals surface area (Å²) in [5, 5.41) is 7.73. The predicted molar refractivity (Wildman–Crippen MR) is 104 cm³/mol. The van der Waals surface area contributed by atoms with Crippen molar-refractivity contribution in [2.75, 3.05) is 26.0 Å². The minimum Gasteiger partial charge on any atom is -0.341 e. The summed E-state index contributed by atoms with van der Waals surface area (Å²) in [5.41, 5.74) is 1.15. The van der Waals surface area contributed by atoms with Gasteiger partial charge in [-0.25, -0.2) is 4.79 Å². The Morgan fingerprint density at radius 2 is 1.67 bits per heavy atom. The summed E-state index contributed by atoms with van der Waals surface area (Å²) in [4.78, 5) is 38.1. The third-order valence-corrected chi connectivity index (χ3v) is 4.14. The molecule has 4 amide bonds. The molecule has 0 spiro atoms. The first-order valence-corrected chi connectivity index (χ1v) is 8.62. The van der Waals surface area contributed by atoms with Gasteiger partial charge in [0.2, 0.25) is 11.8 Å². The van der Waals surface area contributed by atoms with Crippen LogP contribution in [0.4, 0.5) is 10.5 Å². The van der Waals surface area contributed by atoms with Gasteiger partial charge in [0.25, 0.3) is 0 Å². The molecule has 0 saturated carbocycles. The molecule has 2 aromatic carbocycles. The molecule has 2 aromatic rings. The number of amides is 4. The molecule has 0 saturated heterocycles. The highest BCUT2D eigenvalue weighted by Gasteiger charge is 2.27. The number of urea groups is 1. The number of halogens is 1. The second-order valence-corrected chi connectivity index (χ2v) is 6.23. The van der Waals surface area contributed by atoms with E-state index >= 15 is 0 Å². The van der Waals surface area contributed by atoms with Gasteiger partial charge in [-0.15, -0.1) is 0 Å². The number of rotatable bonds is 6. The highest BCUT2D eigenvalue weighted by atomic mass is 35.5. The number of hydrogen-bond acceptors (Lipinski definition) is 4. The van der Waals surface area contributed by atoms with Gasteiger partial charge in [-0.1, -0.05) is 54.1 Å². The lowest BCUT2D eigenvalue weighted by Gasteiger charge is -2.26. The number of hydrogen-bond donors (Lipinski definition) is 3. The molecule has 2 rings (SSSR count). The molecular weight excluding hydrogens is 368 g/mol. The SMILES string of the molecule is CNC(=O)NC(=O)[C@@H](c1ccccc1)N(C)CC(=O)Nc1ccccc1Cl. The first-order chi connectivity index (χ1) is 12.9. The van der Waals surface area contributed by atoms with Gasteiger partial charge < -0.3 is 10.6 Å². The number of nitrogens with zero attached hydrogens (tertiary/aromatic N) is 1. The average molecular weight is 389 g/mol. The van der Waals surface area contributed by atoms with Gasteiger partial charge in [0, 0.05) is 7.05 Å². The first kappa shape index (κ1) is 20.4. The summed E-state index contributed by atoms with van der Waals surface area (Å²) in [6.07, 6.45) is 0. The number of carbonyl (C=O) groups excluding carboxylic acids is 3. The maximum absolute atomic E-state index is 12.6. The maximum Gasteiger partial charge on any atom is 0.321 e. The summed E-state index contributed by atoms with van der Waals surface area (Å²) in [5.74, 6) is -0.868. The highest BCUT2D eigenvalue weighted by Crippen LogP contribution is 2.22. The van der Waals surface area contributed by atoms with Crippen molar-refractivity contribution < 1.29 is 14.4 Å². The molecule has 0 aromatic heterocycles. The predicted octanol–water partition coefficient (Wildman–Crippen LogP) is 2.41. The number of anilines is 1. The van der Waals surface area contributed by atoms with Gasteiger partial charge in [0.1, 0.15) is 6.04 Å². The normalized spacial score (nSPS) is 11.6. The number of imide groups is 1. The van der Waals surface area contributed by atoms with Crippen LogP contribution in [0.15, 0.2) is 54.6 Å². The van der Waals surface area contributed by atoms with E-state index in [9.17, 15) is 14.4 Å². The van der Waals surface area contributed by atoms with E-state index in [0.29, 0.717) is 16.3 Å². The number of para-hydroxylation sites is 1. The van der Waals surface area contributed by atoms with Crippen molar-refractivity contribution in [3.63, 3.8) is 0 Å². The van der Waals surface area contributed by atoms with Crippen molar-refractivity contribution in [2.45, 2.75) is 6.04 Å². The molecule has 7 nitrogen and oxygen atoms in total. The van der Waals surface area contributed by atoms with Crippen LogP contribution < -0.4 is 16.0 Å². The molecule has 0 aliphatic carbocycles. The Kier molecular flexibility index (Phi) is 7.34. The fraction of sp³-hybridized carbons (Fsp3) is 0.211. The largest absolute Gasteiger partial charge is 0.341 e. The van der Waals surface area contributed by atoms with Gasteiger partial charge >= 0.3 is 6.03 Å². The second-order valence-electron chi connectivity index (χ2n) is 5.82. The summed E-state index contributed by atoms with van der Waals surface area (Å²) in [6, 6.07) is 14.4. The lowest BCUT2D eigenvalue weighted by Crippen LogP contribution is -2.46. The van der Waals surface area contributed by atoms with Crippen LogP contribution >= 0.6 is 11.6 Å². The van der Waals surface area contributed by atoms with Crippen LogP contribution in [0.3, 0.4) is 0 Å². The van der Waals surface area contributed by atoms with Crippen LogP contribution in [0.5, 0.6) is 0 Å². The van der Waals surface area contributed by atoms with Gasteiger partial charge in [-0.2, -0.15) is 0 Å². The first-order valence-electron chi connectivity index (χ1n) is 8.24. The lowest BCUT2D eigenvalue weighted by molar-refractivity contribution is -0.126. The van der Waals surface area contributed by atoms with Gasteiger partial charge in [0.15, 0.2) is 0 Å². The molecule has 0 radical (unpaired) electrons. The Labute approximate surface area is 162 Å². The Balaban J connectivity index is 2.14. The Bertz CT molecular complexity index is 814. The lowest BCUT2D eigenvalue weighted by atomic mass is 10.0. The van der Waals surface area contributed by atoms with Crippen LogP contribution in [0.2, 0.25) is 5.02 Å². The highest BCUT2D eigenvalue weighted by molar-refractivity contribution is 6.33. The van der Waals surface area contributed by atoms with Crippen molar-refractivity contribution in [2.24, 2.45) is 0 Å². The van der Waals surface area contributed by atoms with E-state index in [0.717, 1.165) is 0 Å². The standard InChI is InChI=1S/C19H21ClN4O3/c1-21-19(27)23-18(26)17(13-8-4-3-5-9-13)24(2)12-16(25)22-15-11-7-6-10-14(15)20/h3-11,17H,12H2,1-2H3,(H,22,25)(H2,21,23,26,27)/t17-/m1/s1. The van der Waals surface area contributed by atoms with E-state index in [1.54, 1.807) is 60.5 Å². The molecule has 0 fully saturated rings. The maximum atomic E-state index is 12.6. The van der Waals surface area contributed by atoms with Crippen molar-refractivity contribution in [1.29, 1.82) is 0 Å². The fourth-order valence-corrected chi connectivity index (χ4v) is 2.74. The van der Waals surface area contributed by atoms with Crippen LogP contribution in [0, 0.1) is 0 Å². The van der Waals surface area contributed by atoms with Gasteiger partial charge in [-0.05, 0) is 24.7 Å². The smallest absolute Gasteiger partial charge is 0.321 e. The fourth-order valence-electron chi connectivity index (χ4n) is 2.55. The zero-order valence-corrected chi connectivity index (χ0v) is 15.8. The van der Waals surface area contributed by atoms with E-state index < -0.39 is 18.0 Å². The Hall–Kier alpha value is -2.90. The Morgan fingerprint density at radius 3 is 2.30 bits per heavy atom. The molecule has 0 aliphatic rings. The molecule has 0 bridgehead atoms. The third-order valence-electron chi connectivity index (χ3n) is 3.81. The molecule has 0 heterocycles. The zero-order chi connectivity index (χ0) is 19.8. The molecular formula is C19H21ClN4O3. The summed E-state index contributed by atoms with van der Waals surface area (Å²) in [7, 11) is 3.05. The van der Waals surface area contributed by atoms with E-state index in [2.05, 4.69) is 16.0 Å². The summed E-state index contributed by atoms with van der Waals surface area (Å²) >= 11 is 6.05. The van der Waals surface area contributed by atoms with Crippen molar-refractivity contribution >= 4 is 35.1 Å². The summed E-state index contributed by atoms with van der Waals surface area (Å²) in [6.45, 7) is -0.0774. The summed E-state index contributed by atoms with van der Waals surface area (Å²) < 4.78 is 0. The van der Waals surface area contributed by atoms with Crippen molar-refractivity contribution in [3.8, 4) is 0 Å². The number of benzene rings is 2. The quantitative estimate of drug-likeness (QED) is 0.708. The van der Waals surface area contributed by atoms with Crippen molar-refractivity contribution in [3.05, 3.63) is 65.2 Å². The van der Waals surface area contributed by atoms with E-state index in [-0.39, 0.29) is 12.5 Å². The van der Waals surface area contributed by atoms with Gasteiger partial charge in [0.05, 0.1) is 17.3 Å². The molecule has 1 atom stereocenters. The molecule has 0 unspecified atom stereocenters. The minimum atomic E-state index is -0.819. The number of carbonyl (C=O) groups is 3. The molecule has 8 heteroatoms. The van der Waals surface area contributed by atoms with E-state index in [4.69, 9.17) is 11.6 Å². The van der Waals surface area contributed by atoms with Crippen LogP contribution in [-0.2, 0) is 9.59 Å². The monoisotopic (exact) mass is 388 g/mol. The average Bonchev–Trinajstić information content (AvgIpc) is 2.64. The number of nitrogens with one attached hydrogen (secondary N) is 3. The van der Waals surface area contributed by atoms with Crippen molar-refractivity contribution in [1.82, 2.24) is 15.5 Å². The minimum absolute atomic E-state index is 0.0774. The second kappa shape index (κ2) is 9.70. The Morgan fingerprint density at radius 1 is 1.04 bits per heavy atom. The van der Waals surface area contributed by atoms with E-state index in [1.807, 2.05) is 6.07 Å².